The van der Waals surface area contributed by atoms with Crippen LogP contribution < -0.4 is 0 Å². The molecule has 3 aliphatic rings. The van der Waals surface area contributed by atoms with Gasteiger partial charge in [0, 0.05) is 62.6 Å². The number of likely N-dealkylation sites (tertiary alicyclic amines) is 1. The van der Waals surface area contributed by atoms with Crippen molar-refractivity contribution in [3.05, 3.63) is 102 Å². The zero-order valence-corrected chi connectivity index (χ0v) is 25.5. The van der Waals surface area contributed by atoms with Gasteiger partial charge in [0.15, 0.2) is 0 Å². The van der Waals surface area contributed by atoms with Crippen molar-refractivity contribution < 1.29 is 0 Å². The van der Waals surface area contributed by atoms with Crippen LogP contribution in [0.1, 0.15) is 70.4 Å². The van der Waals surface area contributed by atoms with Crippen LogP contribution in [-0.2, 0) is 0 Å². The molecule has 0 radical (unpaired) electrons. The standard InChI is InChI=1S/C36H50N4/c1-7-12-33(26-38(5)6)32-14-9-13-31(23-32)29(4)37-25-30(8-2)34-15-11-20-40(27-34)36-17-10-16-35(24-36)39-21-18-28(3)19-22-39/h7-9,11-15,23,25-28,35-36H,2,10,16-22,24H2,1,3-6H3/b12-7+,30-25+,33-26+,37-29?/t35-,36+/m1/s1. The van der Waals surface area contributed by atoms with E-state index >= 15 is 0 Å². The molecule has 0 spiro atoms. The number of piperidine rings is 1. The smallest absolute Gasteiger partial charge is 0.0445 e. The highest BCUT2D eigenvalue weighted by Crippen LogP contribution is 2.31. The molecular formula is C36H50N4. The molecule has 0 aromatic heterocycles. The number of allylic oxidation sites excluding steroid dienone is 7. The van der Waals surface area contributed by atoms with E-state index in [2.05, 4.69) is 117 Å². The summed E-state index contributed by atoms with van der Waals surface area (Å²) in [6, 6.07) is 9.98. The van der Waals surface area contributed by atoms with Crippen LogP contribution in [0.2, 0.25) is 0 Å². The molecule has 2 aliphatic heterocycles. The van der Waals surface area contributed by atoms with E-state index in [-0.39, 0.29) is 0 Å². The Morgan fingerprint density at radius 1 is 1.05 bits per heavy atom. The summed E-state index contributed by atoms with van der Waals surface area (Å²) in [5, 5.41) is 0. The second kappa shape index (κ2) is 14.5. The van der Waals surface area contributed by atoms with Gasteiger partial charge in [-0.1, -0.05) is 62.1 Å². The Kier molecular flexibility index (Phi) is 10.8. The first-order valence-corrected chi connectivity index (χ1v) is 15.2. The van der Waals surface area contributed by atoms with Gasteiger partial charge in [-0.15, -0.1) is 0 Å². The van der Waals surface area contributed by atoms with Crippen molar-refractivity contribution in [3.8, 4) is 0 Å². The third kappa shape index (κ3) is 7.97. The van der Waals surface area contributed by atoms with Crippen molar-refractivity contribution in [1.82, 2.24) is 14.7 Å². The number of rotatable bonds is 9. The van der Waals surface area contributed by atoms with Crippen LogP contribution in [0.5, 0.6) is 0 Å². The van der Waals surface area contributed by atoms with Gasteiger partial charge in [0.2, 0.25) is 0 Å². The van der Waals surface area contributed by atoms with Gasteiger partial charge >= 0.3 is 0 Å². The highest BCUT2D eigenvalue weighted by molar-refractivity contribution is 6.00. The highest BCUT2D eigenvalue weighted by Gasteiger charge is 2.31. The normalized spacial score (nSPS) is 24.0. The number of aliphatic imine (C=N–C) groups is 1. The topological polar surface area (TPSA) is 22.1 Å². The fourth-order valence-electron chi connectivity index (χ4n) is 6.25. The Morgan fingerprint density at radius 3 is 2.52 bits per heavy atom. The minimum absolute atomic E-state index is 0.610. The summed E-state index contributed by atoms with van der Waals surface area (Å²) in [7, 11) is 4.11. The predicted molar refractivity (Wildman–Crippen MR) is 173 cm³/mol. The van der Waals surface area contributed by atoms with Gasteiger partial charge < -0.3 is 14.7 Å². The molecule has 0 bridgehead atoms. The summed E-state index contributed by atoms with van der Waals surface area (Å²) >= 11 is 0. The Hall–Kier alpha value is -3.11. The lowest BCUT2D eigenvalue weighted by Crippen LogP contribution is -2.47. The molecule has 1 aliphatic carbocycles. The minimum Gasteiger partial charge on any atom is -0.383 e. The summed E-state index contributed by atoms with van der Waals surface area (Å²) < 4.78 is 0. The molecule has 0 unspecified atom stereocenters. The van der Waals surface area contributed by atoms with Crippen molar-refractivity contribution in [2.45, 2.75) is 71.4 Å². The SMILES string of the molecule is C=C/C(=C\N=C(C)c1cccc(C(/C=C/C)=C/N(C)C)c1)C1=CN([C@H]2CCC[C@@H](N3CCC(C)CC3)C2)CC=C1. The van der Waals surface area contributed by atoms with Crippen molar-refractivity contribution in [2.24, 2.45) is 10.9 Å². The van der Waals surface area contributed by atoms with Gasteiger partial charge in [-0.3, -0.25) is 4.99 Å². The molecule has 4 rings (SSSR count). The van der Waals surface area contributed by atoms with Gasteiger partial charge in [-0.05, 0) is 99.7 Å². The predicted octanol–water partition coefficient (Wildman–Crippen LogP) is 7.84. The van der Waals surface area contributed by atoms with Crippen LogP contribution in [0.3, 0.4) is 0 Å². The minimum atomic E-state index is 0.610. The molecule has 214 valence electrons. The van der Waals surface area contributed by atoms with Crippen molar-refractivity contribution in [3.63, 3.8) is 0 Å². The molecule has 1 saturated carbocycles. The molecule has 40 heavy (non-hydrogen) atoms. The summed E-state index contributed by atoms with van der Waals surface area (Å²) in [4.78, 5) is 12.3. The van der Waals surface area contributed by atoms with Gasteiger partial charge in [0.1, 0.15) is 0 Å². The van der Waals surface area contributed by atoms with Crippen molar-refractivity contribution in [2.75, 3.05) is 33.7 Å². The van der Waals surface area contributed by atoms with Crippen LogP contribution in [0.25, 0.3) is 5.57 Å². The Labute approximate surface area is 243 Å². The van der Waals surface area contributed by atoms with Crippen LogP contribution in [-0.4, -0.2) is 66.2 Å². The zero-order valence-electron chi connectivity index (χ0n) is 25.5. The summed E-state index contributed by atoms with van der Waals surface area (Å²) in [5.41, 5.74) is 6.75. The molecule has 2 heterocycles. The maximum absolute atomic E-state index is 4.90. The third-order valence-electron chi connectivity index (χ3n) is 8.65. The highest BCUT2D eigenvalue weighted by atomic mass is 15.2. The first-order valence-electron chi connectivity index (χ1n) is 15.2. The number of hydrogen-bond acceptors (Lipinski definition) is 4. The van der Waals surface area contributed by atoms with Crippen LogP contribution in [0, 0.1) is 5.92 Å². The maximum Gasteiger partial charge on any atom is 0.0445 e. The van der Waals surface area contributed by atoms with Crippen molar-refractivity contribution >= 4 is 11.3 Å². The largest absolute Gasteiger partial charge is 0.383 e. The number of benzene rings is 1. The lowest BCUT2D eigenvalue weighted by Gasteiger charge is -2.44. The number of hydrogen-bond donors (Lipinski definition) is 0. The van der Waals surface area contributed by atoms with Gasteiger partial charge in [0.05, 0.1) is 0 Å². The molecule has 2 fully saturated rings. The lowest BCUT2D eigenvalue weighted by atomic mass is 9.86. The van der Waals surface area contributed by atoms with Crippen LogP contribution in [0.15, 0.2) is 96.0 Å². The van der Waals surface area contributed by atoms with E-state index in [0.717, 1.165) is 35.4 Å². The summed E-state index contributed by atoms with van der Waals surface area (Å²) in [6.45, 7) is 14.2. The van der Waals surface area contributed by atoms with E-state index in [9.17, 15) is 0 Å². The molecule has 0 amide bonds. The van der Waals surface area contributed by atoms with Crippen LogP contribution >= 0.6 is 0 Å². The fraction of sp³-hybridized carbons (Fsp3) is 0.472. The average molecular weight is 539 g/mol. The van der Waals surface area contributed by atoms with E-state index in [0.29, 0.717) is 6.04 Å². The maximum atomic E-state index is 4.90. The van der Waals surface area contributed by atoms with E-state index in [1.165, 1.54) is 68.3 Å². The van der Waals surface area contributed by atoms with E-state index in [4.69, 9.17) is 4.99 Å². The van der Waals surface area contributed by atoms with E-state index < -0.39 is 0 Å². The third-order valence-corrected chi connectivity index (χ3v) is 8.65. The molecule has 4 nitrogen and oxygen atoms in total. The molecular weight excluding hydrogens is 488 g/mol. The molecule has 2 atom stereocenters. The number of nitrogens with zero attached hydrogens (tertiary/aromatic N) is 4. The molecule has 0 N–H and O–H groups in total. The fourth-order valence-corrected chi connectivity index (χ4v) is 6.25. The van der Waals surface area contributed by atoms with Crippen molar-refractivity contribution in [1.29, 1.82) is 0 Å². The zero-order chi connectivity index (χ0) is 28.5. The lowest BCUT2D eigenvalue weighted by molar-refractivity contribution is 0.0809. The Morgan fingerprint density at radius 2 is 1.80 bits per heavy atom. The molecule has 1 aromatic carbocycles. The van der Waals surface area contributed by atoms with Gasteiger partial charge in [-0.25, -0.2) is 0 Å². The molecule has 4 heteroatoms. The molecule has 1 saturated heterocycles. The average Bonchev–Trinajstić information content (AvgIpc) is 2.97. The molecule has 1 aromatic rings. The van der Waals surface area contributed by atoms with E-state index in [1.54, 1.807) is 0 Å². The van der Waals surface area contributed by atoms with E-state index in [1.807, 2.05) is 12.3 Å². The first-order chi connectivity index (χ1) is 19.4. The van der Waals surface area contributed by atoms with Gasteiger partial charge in [-0.2, -0.15) is 0 Å². The second-order valence-electron chi connectivity index (χ2n) is 12.0. The quantitative estimate of drug-likeness (QED) is 0.236. The van der Waals surface area contributed by atoms with Crippen LogP contribution in [0.4, 0.5) is 0 Å². The summed E-state index contributed by atoms with van der Waals surface area (Å²) in [6.07, 6.45) is 25.2. The summed E-state index contributed by atoms with van der Waals surface area (Å²) in [5.74, 6) is 0.892. The Bertz CT molecular complexity index is 1190. The monoisotopic (exact) mass is 538 g/mol. The first kappa shape index (κ1) is 29.9. The Balaban J connectivity index is 1.48. The second-order valence-corrected chi connectivity index (χ2v) is 12.0. The van der Waals surface area contributed by atoms with Gasteiger partial charge in [0.25, 0.3) is 0 Å².